The molecule has 0 amide bonds. The van der Waals surface area contributed by atoms with Gasteiger partial charge in [0.25, 0.3) is 0 Å². The standard InChI is InChI=1S/C22H45NO4S.Na/c1-2-3-4-5-6-7-8-9-10-11-12-13-14-15-16-17-18-19-20-28(26,27)23-21-22(24)25;/h23H,2-21H2,1H3,(H,24,25);/q;+1/p-1. The number of carbonyl (C=O) groups excluding carboxylic acids is 1. The maximum absolute atomic E-state index is 11.5. The van der Waals surface area contributed by atoms with Crippen LogP contribution in [0, 0.1) is 0 Å². The van der Waals surface area contributed by atoms with E-state index in [1.165, 1.54) is 89.9 Å². The minimum absolute atomic E-state index is 0. The van der Waals surface area contributed by atoms with Gasteiger partial charge in [0.2, 0.25) is 10.0 Å². The largest absolute Gasteiger partial charge is 1.00 e. The molecular formula is C22H44NNaO4S. The molecule has 7 heteroatoms. The van der Waals surface area contributed by atoms with Crippen molar-refractivity contribution >= 4 is 16.0 Å². The van der Waals surface area contributed by atoms with Gasteiger partial charge in [-0.15, -0.1) is 0 Å². The molecule has 0 aromatic carbocycles. The Bertz CT molecular complexity index is 458. The fourth-order valence-electron chi connectivity index (χ4n) is 3.43. The number of sulfonamides is 1. The van der Waals surface area contributed by atoms with Gasteiger partial charge in [0, 0.05) is 0 Å². The molecule has 0 saturated heterocycles. The normalized spacial score (nSPS) is 11.3. The van der Waals surface area contributed by atoms with Crippen molar-refractivity contribution in [3.05, 3.63) is 0 Å². The Morgan fingerprint density at radius 3 is 1.28 bits per heavy atom. The molecule has 0 heterocycles. The molecule has 0 bridgehead atoms. The van der Waals surface area contributed by atoms with E-state index in [-0.39, 0.29) is 35.3 Å². The predicted molar refractivity (Wildman–Crippen MR) is 116 cm³/mol. The quantitative estimate of drug-likeness (QED) is 0.205. The number of carboxylic acid groups (broad SMARTS) is 1. The number of carbonyl (C=O) groups is 1. The molecule has 0 aromatic heterocycles. The van der Waals surface area contributed by atoms with Crippen LogP contribution in [0.2, 0.25) is 0 Å². The van der Waals surface area contributed by atoms with Gasteiger partial charge in [-0.25, -0.2) is 13.1 Å². The summed E-state index contributed by atoms with van der Waals surface area (Å²) < 4.78 is 25.0. The molecule has 0 radical (unpaired) electrons. The maximum atomic E-state index is 11.5. The van der Waals surface area contributed by atoms with Gasteiger partial charge in [0.1, 0.15) is 0 Å². The molecule has 0 fully saturated rings. The van der Waals surface area contributed by atoms with E-state index in [1.807, 2.05) is 4.72 Å². The first kappa shape index (κ1) is 31.6. The summed E-state index contributed by atoms with van der Waals surface area (Å²) in [5, 5.41) is 10.2. The average Bonchev–Trinajstić information content (AvgIpc) is 2.65. The third-order valence-electron chi connectivity index (χ3n) is 5.20. The van der Waals surface area contributed by atoms with E-state index in [0.29, 0.717) is 6.42 Å². The van der Waals surface area contributed by atoms with Crippen molar-refractivity contribution in [1.82, 2.24) is 4.72 Å². The predicted octanol–water partition coefficient (Wildman–Crippen LogP) is 1.70. The third-order valence-corrected chi connectivity index (χ3v) is 6.61. The number of hydrogen-bond donors (Lipinski definition) is 1. The van der Waals surface area contributed by atoms with E-state index in [9.17, 15) is 18.3 Å². The van der Waals surface area contributed by atoms with E-state index in [4.69, 9.17) is 0 Å². The third kappa shape index (κ3) is 26.3. The second-order valence-electron chi connectivity index (χ2n) is 8.02. The Morgan fingerprint density at radius 1 is 0.655 bits per heavy atom. The molecule has 0 aliphatic carbocycles. The summed E-state index contributed by atoms with van der Waals surface area (Å²) in [5.74, 6) is -1.40. The Hall–Kier alpha value is 0.380. The molecule has 1 N–H and O–H groups in total. The van der Waals surface area contributed by atoms with Gasteiger partial charge < -0.3 is 9.90 Å². The molecule has 29 heavy (non-hydrogen) atoms. The van der Waals surface area contributed by atoms with Crippen molar-refractivity contribution in [1.29, 1.82) is 0 Å². The first-order chi connectivity index (χ1) is 13.5. The van der Waals surface area contributed by atoms with Crippen LogP contribution in [-0.2, 0) is 14.8 Å². The SMILES string of the molecule is CCCCCCCCCCCCCCCCCCCCS(=O)(=O)NCC(=O)[O-].[Na+]. The molecular weight excluding hydrogens is 397 g/mol. The van der Waals surface area contributed by atoms with Crippen molar-refractivity contribution in [2.24, 2.45) is 0 Å². The zero-order chi connectivity index (χ0) is 20.9. The molecule has 5 nitrogen and oxygen atoms in total. The topological polar surface area (TPSA) is 86.3 Å². The number of unbranched alkanes of at least 4 members (excludes halogenated alkanes) is 17. The van der Waals surface area contributed by atoms with Crippen LogP contribution in [0.1, 0.15) is 122 Å². The fraction of sp³-hybridized carbons (Fsp3) is 0.955. The summed E-state index contributed by atoms with van der Waals surface area (Å²) in [5.41, 5.74) is 0. The van der Waals surface area contributed by atoms with Gasteiger partial charge in [-0.3, -0.25) is 0 Å². The summed E-state index contributed by atoms with van der Waals surface area (Å²) >= 11 is 0. The first-order valence-corrected chi connectivity index (χ1v) is 13.3. The van der Waals surface area contributed by atoms with Crippen LogP contribution in [0.15, 0.2) is 0 Å². The smallest absolute Gasteiger partial charge is 0.549 e. The van der Waals surface area contributed by atoms with Crippen LogP contribution in [-0.4, -0.2) is 26.7 Å². The van der Waals surface area contributed by atoms with Crippen molar-refractivity contribution < 1.29 is 47.9 Å². The summed E-state index contributed by atoms with van der Waals surface area (Å²) in [4.78, 5) is 10.2. The Labute approximate surface area is 202 Å². The average molecular weight is 442 g/mol. The zero-order valence-electron chi connectivity index (χ0n) is 19.2. The van der Waals surface area contributed by atoms with E-state index < -0.39 is 22.5 Å². The van der Waals surface area contributed by atoms with Gasteiger partial charge in [0.05, 0.1) is 18.3 Å². The number of carboxylic acids is 1. The molecule has 0 saturated carbocycles. The summed E-state index contributed by atoms with van der Waals surface area (Å²) in [7, 11) is -3.47. The second-order valence-corrected chi connectivity index (χ2v) is 9.95. The van der Waals surface area contributed by atoms with Crippen LogP contribution in [0.25, 0.3) is 0 Å². The number of aliphatic carboxylic acids is 1. The maximum Gasteiger partial charge on any atom is 1.00 e. The molecule has 0 rings (SSSR count). The van der Waals surface area contributed by atoms with Crippen LogP contribution in [0.5, 0.6) is 0 Å². The van der Waals surface area contributed by atoms with E-state index >= 15 is 0 Å². The second kappa shape index (κ2) is 23.1. The van der Waals surface area contributed by atoms with Crippen LogP contribution >= 0.6 is 0 Å². The van der Waals surface area contributed by atoms with Crippen molar-refractivity contribution in [2.45, 2.75) is 122 Å². The molecule has 0 unspecified atom stereocenters. The number of rotatable bonds is 22. The van der Waals surface area contributed by atoms with Gasteiger partial charge in [0.15, 0.2) is 0 Å². The number of nitrogens with one attached hydrogen (secondary N) is 1. The summed E-state index contributed by atoms with van der Waals surface area (Å²) in [6, 6.07) is 0. The minimum atomic E-state index is -3.47. The van der Waals surface area contributed by atoms with Crippen molar-refractivity contribution in [3.63, 3.8) is 0 Å². The monoisotopic (exact) mass is 441 g/mol. The van der Waals surface area contributed by atoms with Crippen molar-refractivity contribution in [2.75, 3.05) is 12.3 Å². The van der Waals surface area contributed by atoms with E-state index in [1.54, 1.807) is 0 Å². The minimum Gasteiger partial charge on any atom is -0.549 e. The van der Waals surface area contributed by atoms with Crippen LogP contribution < -0.4 is 39.4 Å². The van der Waals surface area contributed by atoms with Gasteiger partial charge in [-0.2, -0.15) is 0 Å². The van der Waals surface area contributed by atoms with Gasteiger partial charge >= 0.3 is 29.6 Å². The van der Waals surface area contributed by atoms with E-state index in [0.717, 1.165) is 19.3 Å². The van der Waals surface area contributed by atoms with E-state index in [2.05, 4.69) is 6.92 Å². The molecule has 0 spiro atoms. The summed E-state index contributed by atoms with van der Waals surface area (Å²) in [6.07, 6.45) is 22.8. The summed E-state index contributed by atoms with van der Waals surface area (Å²) in [6.45, 7) is 1.63. The zero-order valence-corrected chi connectivity index (χ0v) is 22.0. The van der Waals surface area contributed by atoms with Crippen LogP contribution in [0.4, 0.5) is 0 Å². The molecule has 0 aliphatic rings. The van der Waals surface area contributed by atoms with Gasteiger partial charge in [-0.05, 0) is 6.42 Å². The molecule has 0 aliphatic heterocycles. The Kier molecular flexibility index (Phi) is 25.1. The van der Waals surface area contributed by atoms with Gasteiger partial charge in [-0.1, -0.05) is 116 Å². The number of hydrogen-bond acceptors (Lipinski definition) is 4. The molecule has 0 aromatic rings. The Balaban J connectivity index is 0. The fourth-order valence-corrected chi connectivity index (χ4v) is 4.50. The van der Waals surface area contributed by atoms with Crippen LogP contribution in [0.3, 0.4) is 0 Å². The molecule has 168 valence electrons. The molecule has 0 atom stereocenters. The Morgan fingerprint density at radius 2 is 0.966 bits per heavy atom. The van der Waals surface area contributed by atoms with Crippen molar-refractivity contribution in [3.8, 4) is 0 Å². The first-order valence-electron chi connectivity index (χ1n) is 11.6.